The number of carbonyl (C=O) groups excluding carboxylic acids is 1. The maximum absolute atomic E-state index is 13.0. The minimum Gasteiger partial charge on any atom is -0.493 e. The van der Waals surface area contributed by atoms with Crippen molar-refractivity contribution in [2.24, 2.45) is 0 Å². The predicted octanol–water partition coefficient (Wildman–Crippen LogP) is 6.94. The lowest BCUT2D eigenvalue weighted by atomic mass is 10.1. The third-order valence-electron chi connectivity index (χ3n) is 4.67. The predicted molar refractivity (Wildman–Crippen MR) is 144 cm³/mol. The van der Waals surface area contributed by atoms with Gasteiger partial charge in [-0.2, -0.15) is 0 Å². The average molecular weight is 594 g/mol. The average Bonchev–Trinajstić information content (AvgIpc) is 3.07. The Labute approximate surface area is 214 Å². The summed E-state index contributed by atoms with van der Waals surface area (Å²) < 4.78 is 13.1. The molecule has 32 heavy (non-hydrogen) atoms. The smallest absolute Gasteiger partial charge is 0.270 e. The number of amides is 1. The fourth-order valence-electron chi connectivity index (χ4n) is 3.07. The number of hydrogen-bond donors (Lipinski definition) is 0. The van der Waals surface area contributed by atoms with Crippen LogP contribution in [0.15, 0.2) is 71.6 Å². The van der Waals surface area contributed by atoms with E-state index in [1.165, 1.54) is 20.2 Å². The van der Waals surface area contributed by atoms with Crippen molar-refractivity contribution >= 4 is 80.2 Å². The van der Waals surface area contributed by atoms with Crippen molar-refractivity contribution in [3.63, 3.8) is 0 Å². The van der Waals surface area contributed by atoms with E-state index < -0.39 is 0 Å². The van der Waals surface area contributed by atoms with Gasteiger partial charge in [0.25, 0.3) is 5.91 Å². The van der Waals surface area contributed by atoms with E-state index in [1.54, 1.807) is 37.5 Å². The number of thiocarbonyl (C=S) groups is 1. The Morgan fingerprint density at radius 3 is 2.47 bits per heavy atom. The molecule has 8 heteroatoms. The molecule has 1 amide bonds. The van der Waals surface area contributed by atoms with Gasteiger partial charge in [0.2, 0.25) is 0 Å². The number of ether oxygens (including phenoxy) is 2. The number of methoxy groups -OCH3 is 1. The molecule has 0 bridgehead atoms. The molecule has 0 unspecified atom stereocenters. The molecule has 1 aliphatic heterocycles. The highest BCUT2D eigenvalue weighted by Gasteiger charge is 2.33. The Morgan fingerprint density at radius 2 is 1.78 bits per heavy atom. The quantitative estimate of drug-likeness (QED) is 0.176. The summed E-state index contributed by atoms with van der Waals surface area (Å²) in [5.41, 5.74) is 2.58. The number of thioether (sulfide) groups is 1. The zero-order valence-electron chi connectivity index (χ0n) is 16.9. The van der Waals surface area contributed by atoms with Gasteiger partial charge in [0, 0.05) is 8.59 Å². The van der Waals surface area contributed by atoms with Crippen LogP contribution in [0.1, 0.15) is 11.1 Å². The lowest BCUT2D eigenvalue weighted by Crippen LogP contribution is -2.27. The van der Waals surface area contributed by atoms with Gasteiger partial charge in [0.05, 0.1) is 17.7 Å². The molecule has 0 aliphatic carbocycles. The van der Waals surface area contributed by atoms with Gasteiger partial charge in [-0.05, 0) is 88.3 Å². The molecule has 4 nitrogen and oxygen atoms in total. The van der Waals surface area contributed by atoms with Crippen molar-refractivity contribution in [3.05, 3.63) is 91.4 Å². The number of nitrogens with zero attached hydrogens (tertiary/aromatic N) is 1. The van der Waals surface area contributed by atoms with E-state index in [0.717, 1.165) is 11.1 Å². The molecule has 0 aromatic heterocycles. The fourth-order valence-corrected chi connectivity index (χ4v) is 4.85. The maximum atomic E-state index is 13.0. The minimum atomic E-state index is -0.166. The van der Waals surface area contributed by atoms with Crippen molar-refractivity contribution in [1.29, 1.82) is 0 Å². The third kappa shape index (κ3) is 5.28. The topological polar surface area (TPSA) is 38.8 Å². The summed E-state index contributed by atoms with van der Waals surface area (Å²) in [5, 5.41) is 0.603. The lowest BCUT2D eigenvalue weighted by Gasteiger charge is -2.14. The molecule has 4 rings (SSSR count). The summed E-state index contributed by atoms with van der Waals surface area (Å²) in [6, 6.07) is 20.8. The first-order chi connectivity index (χ1) is 15.4. The van der Waals surface area contributed by atoms with Gasteiger partial charge in [-0.25, -0.2) is 0 Å². The van der Waals surface area contributed by atoms with Crippen LogP contribution in [-0.2, 0) is 11.4 Å². The molecule has 3 aromatic rings. The zero-order chi connectivity index (χ0) is 22.7. The first-order valence-electron chi connectivity index (χ1n) is 9.53. The van der Waals surface area contributed by atoms with E-state index in [0.29, 0.717) is 38.0 Å². The van der Waals surface area contributed by atoms with Crippen LogP contribution in [-0.4, -0.2) is 17.3 Å². The summed E-state index contributed by atoms with van der Waals surface area (Å²) in [7, 11) is 1.59. The van der Waals surface area contributed by atoms with Crippen LogP contribution in [0, 0.1) is 3.57 Å². The van der Waals surface area contributed by atoms with E-state index in [2.05, 4.69) is 22.6 Å². The van der Waals surface area contributed by atoms with Gasteiger partial charge >= 0.3 is 0 Å². The van der Waals surface area contributed by atoms with E-state index in [-0.39, 0.29) is 5.91 Å². The van der Waals surface area contributed by atoms with Crippen LogP contribution in [0.4, 0.5) is 5.69 Å². The molecule has 0 radical (unpaired) electrons. The molecule has 1 heterocycles. The first-order valence-corrected chi connectivity index (χ1v) is 12.2. The number of anilines is 1. The SMILES string of the molecule is COc1cc(/C=C2/SC(=S)N(c3ccc(Cl)cc3)C2=O)ccc1OCc1ccc(I)cc1. The Morgan fingerprint density at radius 1 is 1.06 bits per heavy atom. The molecule has 162 valence electrons. The van der Waals surface area contributed by atoms with Crippen LogP contribution < -0.4 is 14.4 Å². The van der Waals surface area contributed by atoms with Crippen molar-refractivity contribution in [1.82, 2.24) is 0 Å². The second-order valence-corrected chi connectivity index (χ2v) is 10.2. The van der Waals surface area contributed by atoms with Crippen LogP contribution in [0.2, 0.25) is 5.02 Å². The molecular formula is C24H17ClINO3S2. The maximum Gasteiger partial charge on any atom is 0.270 e. The van der Waals surface area contributed by atoms with Crippen molar-refractivity contribution in [2.75, 3.05) is 12.0 Å². The molecule has 1 fully saturated rings. The largest absolute Gasteiger partial charge is 0.493 e. The van der Waals surface area contributed by atoms with Gasteiger partial charge < -0.3 is 9.47 Å². The monoisotopic (exact) mass is 593 g/mol. The standard InChI is InChI=1S/C24H17ClINO3S2/c1-29-21-12-16(4-11-20(21)30-14-15-2-7-18(26)8-3-15)13-22-23(28)27(24(31)32-22)19-9-5-17(25)6-10-19/h2-13H,14H2,1H3/b22-13+. The van der Waals surface area contributed by atoms with Crippen molar-refractivity contribution < 1.29 is 14.3 Å². The third-order valence-corrected chi connectivity index (χ3v) is 6.94. The second kappa shape index (κ2) is 10.2. The number of rotatable bonds is 6. The zero-order valence-corrected chi connectivity index (χ0v) is 21.4. The van der Waals surface area contributed by atoms with Gasteiger partial charge in [0.15, 0.2) is 15.8 Å². The summed E-state index contributed by atoms with van der Waals surface area (Å²) in [5.74, 6) is 1.06. The molecule has 3 aromatic carbocycles. The van der Waals surface area contributed by atoms with E-state index in [9.17, 15) is 4.79 Å². The van der Waals surface area contributed by atoms with Gasteiger partial charge in [-0.3, -0.25) is 9.69 Å². The highest BCUT2D eigenvalue weighted by molar-refractivity contribution is 14.1. The molecule has 0 saturated carbocycles. The highest BCUT2D eigenvalue weighted by atomic mass is 127. The van der Waals surface area contributed by atoms with Crippen LogP contribution in [0.5, 0.6) is 11.5 Å². The van der Waals surface area contributed by atoms with Crippen LogP contribution in [0.3, 0.4) is 0 Å². The van der Waals surface area contributed by atoms with Crippen LogP contribution in [0.25, 0.3) is 6.08 Å². The summed E-state index contributed by atoms with van der Waals surface area (Å²) in [4.78, 5) is 15.0. The van der Waals surface area contributed by atoms with Crippen molar-refractivity contribution in [2.45, 2.75) is 6.61 Å². The summed E-state index contributed by atoms with van der Waals surface area (Å²) in [6.07, 6.45) is 1.81. The highest BCUT2D eigenvalue weighted by Crippen LogP contribution is 2.37. The molecular weight excluding hydrogens is 577 g/mol. The Kier molecular flexibility index (Phi) is 7.40. The van der Waals surface area contributed by atoms with E-state index in [4.69, 9.17) is 33.3 Å². The number of benzene rings is 3. The molecule has 1 aliphatic rings. The Bertz CT molecular complexity index is 1200. The number of halogens is 2. The van der Waals surface area contributed by atoms with Gasteiger partial charge in [0.1, 0.15) is 6.61 Å². The number of carbonyl (C=O) groups is 1. The number of hydrogen-bond acceptors (Lipinski definition) is 5. The Balaban J connectivity index is 1.52. The normalized spacial score (nSPS) is 14.8. The van der Waals surface area contributed by atoms with Crippen molar-refractivity contribution in [3.8, 4) is 11.5 Å². The summed E-state index contributed by atoms with van der Waals surface area (Å²) >= 11 is 14.9. The van der Waals surface area contributed by atoms with Gasteiger partial charge in [-0.15, -0.1) is 0 Å². The van der Waals surface area contributed by atoms with E-state index in [1.807, 2.05) is 42.5 Å². The molecule has 0 spiro atoms. The Hall–Kier alpha value is -2.07. The lowest BCUT2D eigenvalue weighted by molar-refractivity contribution is -0.113. The molecule has 0 N–H and O–H groups in total. The fraction of sp³-hybridized carbons (Fsp3) is 0.0833. The molecule has 1 saturated heterocycles. The second-order valence-electron chi connectivity index (χ2n) is 6.82. The first kappa shape index (κ1) is 23.1. The summed E-state index contributed by atoms with van der Waals surface area (Å²) in [6.45, 7) is 0.437. The van der Waals surface area contributed by atoms with E-state index >= 15 is 0 Å². The van der Waals surface area contributed by atoms with Crippen LogP contribution >= 0.6 is 58.2 Å². The molecule has 0 atom stereocenters. The minimum absolute atomic E-state index is 0.166. The van der Waals surface area contributed by atoms with Gasteiger partial charge in [-0.1, -0.05) is 53.8 Å².